The zero-order valence-electron chi connectivity index (χ0n) is 10.3. The Morgan fingerprint density at radius 3 is 2.50 bits per heavy atom. The molecule has 0 unspecified atom stereocenters. The van der Waals surface area contributed by atoms with Crippen molar-refractivity contribution in [2.75, 3.05) is 26.7 Å². The van der Waals surface area contributed by atoms with Gasteiger partial charge in [0.1, 0.15) is 0 Å². The van der Waals surface area contributed by atoms with Crippen LogP contribution in [0.4, 0.5) is 0 Å². The molecule has 1 saturated carbocycles. The number of nitrogens with one attached hydrogen (secondary N) is 1. The molecule has 0 amide bonds. The van der Waals surface area contributed by atoms with E-state index < -0.39 is 0 Å². The molecule has 0 aromatic heterocycles. The summed E-state index contributed by atoms with van der Waals surface area (Å²) >= 11 is 0. The minimum absolute atomic E-state index is 0.467. The first-order chi connectivity index (χ1) is 6.53. The van der Waals surface area contributed by atoms with Crippen LogP contribution in [0.2, 0.25) is 0 Å². The van der Waals surface area contributed by atoms with Crippen molar-refractivity contribution in [3.63, 3.8) is 0 Å². The predicted molar refractivity (Wildman–Crippen MR) is 62.6 cm³/mol. The Kier molecular flexibility index (Phi) is 4.39. The fourth-order valence-corrected chi connectivity index (χ4v) is 1.67. The predicted octanol–water partition coefficient (Wildman–Crippen LogP) is 2.11. The topological polar surface area (TPSA) is 15.3 Å². The van der Waals surface area contributed by atoms with Crippen molar-refractivity contribution >= 4 is 0 Å². The van der Waals surface area contributed by atoms with Crippen LogP contribution >= 0.6 is 0 Å². The van der Waals surface area contributed by atoms with E-state index in [-0.39, 0.29) is 0 Å². The number of likely N-dealkylation sites (N-methyl/N-ethyl adjacent to an activating group) is 1. The maximum Gasteiger partial charge on any atom is 0.0104 e. The van der Waals surface area contributed by atoms with Crippen molar-refractivity contribution in [2.45, 2.75) is 46.1 Å². The molecule has 2 nitrogen and oxygen atoms in total. The summed E-state index contributed by atoms with van der Waals surface area (Å²) in [5.41, 5.74) is 0.467. The monoisotopic (exact) mass is 198 g/mol. The van der Waals surface area contributed by atoms with Gasteiger partial charge in [0.25, 0.3) is 0 Å². The Morgan fingerprint density at radius 1 is 1.36 bits per heavy atom. The van der Waals surface area contributed by atoms with Gasteiger partial charge in [0, 0.05) is 25.7 Å². The molecule has 0 bridgehead atoms. The van der Waals surface area contributed by atoms with Crippen LogP contribution < -0.4 is 5.32 Å². The molecule has 0 aliphatic heterocycles. The molecular weight excluding hydrogens is 172 g/mol. The minimum Gasteiger partial charge on any atom is -0.313 e. The first-order valence-electron chi connectivity index (χ1n) is 5.95. The van der Waals surface area contributed by atoms with Crippen LogP contribution in [-0.2, 0) is 0 Å². The van der Waals surface area contributed by atoms with Gasteiger partial charge >= 0.3 is 0 Å². The molecule has 0 aromatic carbocycles. The molecule has 0 saturated heterocycles. The van der Waals surface area contributed by atoms with Gasteiger partial charge in [-0.1, -0.05) is 20.8 Å². The fourth-order valence-electron chi connectivity index (χ4n) is 1.67. The highest BCUT2D eigenvalue weighted by atomic mass is 15.1. The van der Waals surface area contributed by atoms with Gasteiger partial charge in [-0.3, -0.25) is 0 Å². The number of nitrogens with zero attached hydrogens (tertiary/aromatic N) is 1. The lowest BCUT2D eigenvalue weighted by atomic mass is 9.90. The van der Waals surface area contributed by atoms with Crippen molar-refractivity contribution in [3.8, 4) is 0 Å². The summed E-state index contributed by atoms with van der Waals surface area (Å²) < 4.78 is 0. The summed E-state index contributed by atoms with van der Waals surface area (Å²) in [7, 11) is 2.23. The summed E-state index contributed by atoms with van der Waals surface area (Å²) in [5, 5.41) is 3.55. The molecule has 1 fully saturated rings. The van der Waals surface area contributed by atoms with Crippen LogP contribution in [0, 0.1) is 5.41 Å². The number of hydrogen-bond donors (Lipinski definition) is 1. The van der Waals surface area contributed by atoms with Gasteiger partial charge in [-0.05, 0) is 31.7 Å². The molecule has 1 aliphatic rings. The van der Waals surface area contributed by atoms with Gasteiger partial charge in [-0.15, -0.1) is 0 Å². The second kappa shape index (κ2) is 5.13. The third-order valence-electron chi connectivity index (χ3n) is 3.16. The molecule has 1 N–H and O–H groups in total. The standard InChI is InChI=1S/C12H26N2/c1-5-12(2,3)10-14(4)9-8-13-11-6-7-11/h11,13H,5-10H2,1-4H3. The third-order valence-corrected chi connectivity index (χ3v) is 3.16. The van der Waals surface area contributed by atoms with Gasteiger partial charge in [0.05, 0.1) is 0 Å². The third kappa shape index (κ3) is 4.97. The highest BCUT2D eigenvalue weighted by molar-refractivity contribution is 4.81. The molecule has 0 radical (unpaired) electrons. The lowest BCUT2D eigenvalue weighted by Gasteiger charge is -2.29. The van der Waals surface area contributed by atoms with Crippen LogP contribution in [0.25, 0.3) is 0 Å². The van der Waals surface area contributed by atoms with Crippen LogP contribution in [0.3, 0.4) is 0 Å². The highest BCUT2D eigenvalue weighted by Crippen LogP contribution is 2.20. The summed E-state index contributed by atoms with van der Waals surface area (Å²) in [6.45, 7) is 10.5. The van der Waals surface area contributed by atoms with Crippen molar-refractivity contribution in [2.24, 2.45) is 5.41 Å². The van der Waals surface area contributed by atoms with Gasteiger partial charge < -0.3 is 10.2 Å². The normalized spacial score (nSPS) is 17.8. The average Bonchev–Trinajstić information content (AvgIpc) is 2.87. The van der Waals surface area contributed by atoms with E-state index in [0.717, 1.165) is 12.6 Å². The van der Waals surface area contributed by atoms with E-state index in [1.165, 1.54) is 32.4 Å². The lowest BCUT2D eigenvalue weighted by molar-refractivity contribution is 0.204. The SMILES string of the molecule is CCC(C)(C)CN(C)CCNC1CC1. The molecular formula is C12H26N2. The zero-order valence-corrected chi connectivity index (χ0v) is 10.3. The quantitative estimate of drug-likeness (QED) is 0.674. The van der Waals surface area contributed by atoms with E-state index in [2.05, 4.69) is 38.0 Å². The molecule has 14 heavy (non-hydrogen) atoms. The van der Waals surface area contributed by atoms with Gasteiger partial charge in [0.15, 0.2) is 0 Å². The van der Waals surface area contributed by atoms with Gasteiger partial charge in [0.2, 0.25) is 0 Å². The summed E-state index contributed by atoms with van der Waals surface area (Å²) in [4.78, 5) is 2.44. The van der Waals surface area contributed by atoms with Crippen LogP contribution in [0.15, 0.2) is 0 Å². The van der Waals surface area contributed by atoms with E-state index in [1.54, 1.807) is 0 Å². The Hall–Kier alpha value is -0.0800. The largest absolute Gasteiger partial charge is 0.313 e. The van der Waals surface area contributed by atoms with E-state index >= 15 is 0 Å². The molecule has 84 valence electrons. The van der Waals surface area contributed by atoms with Crippen LogP contribution in [0.5, 0.6) is 0 Å². The van der Waals surface area contributed by atoms with E-state index in [4.69, 9.17) is 0 Å². The van der Waals surface area contributed by atoms with Crippen molar-refractivity contribution in [1.29, 1.82) is 0 Å². The summed E-state index contributed by atoms with van der Waals surface area (Å²) in [5.74, 6) is 0. The second-order valence-electron chi connectivity index (χ2n) is 5.48. The smallest absolute Gasteiger partial charge is 0.0104 e. The van der Waals surface area contributed by atoms with Crippen LogP contribution in [0.1, 0.15) is 40.0 Å². The first-order valence-corrected chi connectivity index (χ1v) is 5.95. The van der Waals surface area contributed by atoms with Crippen LogP contribution in [-0.4, -0.2) is 37.6 Å². The second-order valence-corrected chi connectivity index (χ2v) is 5.48. The Bertz CT molecular complexity index is 162. The zero-order chi connectivity index (χ0) is 10.6. The molecule has 0 aromatic rings. The minimum atomic E-state index is 0.467. The van der Waals surface area contributed by atoms with Crippen molar-refractivity contribution < 1.29 is 0 Å². The molecule has 0 atom stereocenters. The molecule has 1 aliphatic carbocycles. The molecule has 0 heterocycles. The molecule has 2 heteroatoms. The average molecular weight is 198 g/mol. The maximum absolute atomic E-state index is 3.55. The first kappa shape index (κ1) is 12.0. The fraction of sp³-hybridized carbons (Fsp3) is 1.00. The Balaban J connectivity index is 2.04. The van der Waals surface area contributed by atoms with Gasteiger partial charge in [-0.25, -0.2) is 0 Å². The van der Waals surface area contributed by atoms with E-state index in [9.17, 15) is 0 Å². The van der Waals surface area contributed by atoms with Crippen molar-refractivity contribution in [1.82, 2.24) is 10.2 Å². The Labute approximate surface area is 89.1 Å². The number of hydrogen-bond acceptors (Lipinski definition) is 2. The summed E-state index contributed by atoms with van der Waals surface area (Å²) in [6.07, 6.45) is 4.04. The molecule has 0 spiro atoms. The highest BCUT2D eigenvalue weighted by Gasteiger charge is 2.21. The van der Waals surface area contributed by atoms with E-state index in [0.29, 0.717) is 5.41 Å². The van der Waals surface area contributed by atoms with Gasteiger partial charge in [-0.2, -0.15) is 0 Å². The van der Waals surface area contributed by atoms with E-state index in [1.807, 2.05) is 0 Å². The molecule has 1 rings (SSSR count). The summed E-state index contributed by atoms with van der Waals surface area (Å²) in [6, 6.07) is 0.850. The van der Waals surface area contributed by atoms with Crippen molar-refractivity contribution in [3.05, 3.63) is 0 Å². The Morgan fingerprint density at radius 2 is 2.00 bits per heavy atom. The maximum atomic E-state index is 3.55. The lowest BCUT2D eigenvalue weighted by Crippen LogP contribution is -2.36. The number of rotatable bonds is 7.